The Morgan fingerprint density at radius 1 is 1.23 bits per heavy atom. The molecule has 2 fully saturated rings. The molecule has 0 aromatic heterocycles. The fourth-order valence-corrected chi connectivity index (χ4v) is 4.00. The molecule has 0 aliphatic carbocycles. The lowest BCUT2D eigenvalue weighted by molar-refractivity contribution is -0.143. The van der Waals surface area contributed by atoms with Crippen molar-refractivity contribution in [3.05, 3.63) is 0 Å². The number of nitrogens with zero attached hydrogens (tertiary/aromatic N) is 1. The zero-order valence-corrected chi connectivity index (χ0v) is 14.0. The van der Waals surface area contributed by atoms with Crippen LogP contribution in [0.1, 0.15) is 59.3 Å². The largest absolute Gasteiger partial charge is 0.481 e. The van der Waals surface area contributed by atoms with Crippen LogP contribution in [0.5, 0.6) is 0 Å². The van der Waals surface area contributed by atoms with E-state index in [4.69, 9.17) is 0 Å². The minimum atomic E-state index is -0.709. The molecule has 2 rings (SSSR count). The SMILES string of the molecule is CC(C)CCCC(C)NC(=O)CN1C2CCC1C(C(=O)O)C2. The Hall–Kier alpha value is -1.10. The van der Waals surface area contributed by atoms with Crippen LogP contribution in [0.4, 0.5) is 0 Å². The zero-order valence-electron chi connectivity index (χ0n) is 14.0. The topological polar surface area (TPSA) is 69.6 Å². The molecule has 126 valence electrons. The van der Waals surface area contributed by atoms with Crippen molar-refractivity contribution >= 4 is 11.9 Å². The van der Waals surface area contributed by atoms with Gasteiger partial charge in [0.2, 0.25) is 5.91 Å². The Balaban J connectivity index is 1.74. The standard InChI is InChI=1S/C17H30N2O3/c1-11(2)5-4-6-12(3)18-16(20)10-19-13-7-8-15(19)14(9-13)17(21)22/h11-15H,4-10H2,1-3H3,(H,18,20)(H,21,22). The molecule has 1 amide bonds. The van der Waals surface area contributed by atoms with Gasteiger partial charge in [-0.05, 0) is 38.5 Å². The molecule has 0 spiro atoms. The lowest BCUT2D eigenvalue weighted by atomic mass is 9.89. The molecule has 5 nitrogen and oxygen atoms in total. The van der Waals surface area contributed by atoms with E-state index < -0.39 is 5.97 Å². The van der Waals surface area contributed by atoms with Crippen molar-refractivity contribution in [3.63, 3.8) is 0 Å². The van der Waals surface area contributed by atoms with Gasteiger partial charge in [-0.3, -0.25) is 14.5 Å². The van der Waals surface area contributed by atoms with Gasteiger partial charge in [-0.25, -0.2) is 0 Å². The molecule has 0 radical (unpaired) electrons. The summed E-state index contributed by atoms with van der Waals surface area (Å²) in [6, 6.07) is 0.541. The van der Waals surface area contributed by atoms with Gasteiger partial charge in [0.15, 0.2) is 0 Å². The maximum absolute atomic E-state index is 12.2. The van der Waals surface area contributed by atoms with E-state index in [1.165, 1.54) is 6.42 Å². The highest BCUT2D eigenvalue weighted by molar-refractivity contribution is 5.79. The first kappa shape index (κ1) is 17.3. The van der Waals surface area contributed by atoms with E-state index in [1.807, 2.05) is 0 Å². The number of amides is 1. The third-order valence-corrected chi connectivity index (χ3v) is 5.15. The lowest BCUT2D eigenvalue weighted by Crippen LogP contribution is -2.43. The Bertz CT molecular complexity index is 411. The number of hydrogen-bond donors (Lipinski definition) is 2. The van der Waals surface area contributed by atoms with Gasteiger partial charge >= 0.3 is 5.97 Å². The number of rotatable bonds is 8. The van der Waals surface area contributed by atoms with Crippen molar-refractivity contribution in [3.8, 4) is 0 Å². The van der Waals surface area contributed by atoms with Crippen LogP contribution in [0.15, 0.2) is 0 Å². The molecule has 4 atom stereocenters. The zero-order chi connectivity index (χ0) is 16.3. The van der Waals surface area contributed by atoms with Gasteiger partial charge in [-0.15, -0.1) is 0 Å². The van der Waals surface area contributed by atoms with Gasteiger partial charge in [0.05, 0.1) is 12.5 Å². The number of carbonyl (C=O) groups is 2. The minimum absolute atomic E-state index is 0.0417. The lowest BCUT2D eigenvalue weighted by Gasteiger charge is -2.23. The molecule has 0 aromatic rings. The van der Waals surface area contributed by atoms with Crippen LogP contribution in [0.2, 0.25) is 0 Å². The van der Waals surface area contributed by atoms with E-state index in [1.54, 1.807) is 0 Å². The summed E-state index contributed by atoms with van der Waals surface area (Å²) < 4.78 is 0. The van der Waals surface area contributed by atoms with Crippen molar-refractivity contribution in [1.29, 1.82) is 0 Å². The van der Waals surface area contributed by atoms with E-state index in [2.05, 4.69) is 31.0 Å². The van der Waals surface area contributed by atoms with E-state index in [-0.39, 0.29) is 30.0 Å². The summed E-state index contributed by atoms with van der Waals surface area (Å²) in [5.74, 6) is -0.245. The summed E-state index contributed by atoms with van der Waals surface area (Å²) in [6.45, 7) is 6.83. The van der Waals surface area contributed by atoms with Gasteiger partial charge in [-0.1, -0.05) is 26.7 Å². The average Bonchev–Trinajstić information content (AvgIpc) is 2.95. The molecule has 2 saturated heterocycles. The highest BCUT2D eigenvalue weighted by Crippen LogP contribution is 2.41. The van der Waals surface area contributed by atoms with E-state index in [0.717, 1.165) is 25.7 Å². The quantitative estimate of drug-likeness (QED) is 0.721. The molecule has 2 heterocycles. The second-order valence-corrected chi connectivity index (χ2v) is 7.44. The Morgan fingerprint density at radius 2 is 1.95 bits per heavy atom. The van der Waals surface area contributed by atoms with Crippen LogP contribution in [-0.4, -0.2) is 46.6 Å². The minimum Gasteiger partial charge on any atom is -0.481 e. The predicted molar refractivity (Wildman–Crippen MR) is 85.6 cm³/mol. The summed E-state index contributed by atoms with van der Waals surface area (Å²) in [6.07, 6.45) is 5.99. The van der Waals surface area contributed by atoms with Crippen molar-refractivity contribution in [1.82, 2.24) is 10.2 Å². The molecular weight excluding hydrogens is 280 g/mol. The maximum atomic E-state index is 12.2. The summed E-state index contributed by atoms with van der Waals surface area (Å²) in [5.41, 5.74) is 0. The van der Waals surface area contributed by atoms with Gasteiger partial charge in [0.25, 0.3) is 0 Å². The molecule has 22 heavy (non-hydrogen) atoms. The van der Waals surface area contributed by atoms with Crippen LogP contribution >= 0.6 is 0 Å². The second-order valence-electron chi connectivity index (χ2n) is 7.44. The van der Waals surface area contributed by atoms with Gasteiger partial charge in [-0.2, -0.15) is 0 Å². The molecule has 2 N–H and O–H groups in total. The molecule has 5 heteroatoms. The van der Waals surface area contributed by atoms with E-state index in [0.29, 0.717) is 18.9 Å². The van der Waals surface area contributed by atoms with Crippen molar-refractivity contribution < 1.29 is 14.7 Å². The second kappa shape index (κ2) is 7.44. The summed E-state index contributed by atoms with van der Waals surface area (Å²) in [4.78, 5) is 25.6. The first-order valence-electron chi connectivity index (χ1n) is 8.66. The van der Waals surface area contributed by atoms with E-state index in [9.17, 15) is 14.7 Å². The number of hydrogen-bond acceptors (Lipinski definition) is 3. The Morgan fingerprint density at radius 3 is 2.55 bits per heavy atom. The fourth-order valence-electron chi connectivity index (χ4n) is 4.00. The van der Waals surface area contributed by atoms with Gasteiger partial charge in [0.1, 0.15) is 0 Å². The number of carboxylic acid groups (broad SMARTS) is 1. The molecule has 2 aliphatic rings. The summed E-state index contributed by atoms with van der Waals surface area (Å²) in [5, 5.41) is 12.3. The molecule has 2 aliphatic heterocycles. The third kappa shape index (κ3) is 4.22. The van der Waals surface area contributed by atoms with Crippen LogP contribution < -0.4 is 5.32 Å². The summed E-state index contributed by atoms with van der Waals surface area (Å²) in [7, 11) is 0. The fraction of sp³-hybridized carbons (Fsp3) is 0.882. The maximum Gasteiger partial charge on any atom is 0.308 e. The number of carbonyl (C=O) groups excluding carboxylic acids is 1. The highest BCUT2D eigenvalue weighted by atomic mass is 16.4. The van der Waals surface area contributed by atoms with Crippen molar-refractivity contribution in [2.75, 3.05) is 6.54 Å². The normalized spacial score (nSPS) is 29.0. The van der Waals surface area contributed by atoms with Crippen molar-refractivity contribution in [2.24, 2.45) is 11.8 Å². The Kier molecular flexibility index (Phi) is 5.84. The van der Waals surface area contributed by atoms with Gasteiger partial charge in [0, 0.05) is 18.1 Å². The van der Waals surface area contributed by atoms with Crippen LogP contribution in [0.3, 0.4) is 0 Å². The average molecular weight is 310 g/mol. The van der Waals surface area contributed by atoms with E-state index >= 15 is 0 Å². The smallest absolute Gasteiger partial charge is 0.308 e. The highest BCUT2D eigenvalue weighted by Gasteiger charge is 2.49. The summed E-state index contributed by atoms with van der Waals surface area (Å²) >= 11 is 0. The predicted octanol–water partition coefficient (Wildman–Crippen LogP) is 2.25. The van der Waals surface area contributed by atoms with Gasteiger partial charge < -0.3 is 10.4 Å². The first-order chi connectivity index (χ1) is 10.4. The molecular formula is C17H30N2O3. The molecule has 2 bridgehead atoms. The molecule has 4 unspecified atom stereocenters. The first-order valence-corrected chi connectivity index (χ1v) is 8.66. The monoisotopic (exact) mass is 310 g/mol. The van der Waals surface area contributed by atoms with Crippen LogP contribution in [-0.2, 0) is 9.59 Å². The van der Waals surface area contributed by atoms with Crippen LogP contribution in [0.25, 0.3) is 0 Å². The molecule has 0 saturated carbocycles. The third-order valence-electron chi connectivity index (χ3n) is 5.15. The number of aliphatic carboxylic acids is 1. The van der Waals surface area contributed by atoms with Crippen molar-refractivity contribution in [2.45, 2.75) is 77.4 Å². The molecule has 0 aromatic carbocycles. The number of fused-ring (bicyclic) bond motifs is 2. The van der Waals surface area contributed by atoms with Crippen LogP contribution in [0, 0.1) is 11.8 Å². The number of nitrogens with one attached hydrogen (secondary N) is 1. The number of carboxylic acids is 1. The Labute approximate surface area is 133 Å².